The Morgan fingerprint density at radius 1 is 1.00 bits per heavy atom. The van der Waals surface area contributed by atoms with Crippen molar-refractivity contribution in [2.45, 2.75) is 50.6 Å². The Kier molecular flexibility index (Phi) is 10.5. The number of hydrogen-bond acceptors (Lipinski definition) is 6. The molecule has 0 bridgehead atoms. The average molecular weight is 711 g/mol. The van der Waals surface area contributed by atoms with Crippen molar-refractivity contribution < 1.29 is 57.7 Å². The molecule has 21 heteroatoms. The highest BCUT2D eigenvalue weighted by atomic mass is 35.5. The number of aryl methyl sites for hydroxylation is 1. The molecule has 1 aromatic carbocycles. The molecule has 0 saturated carbocycles. The maximum atomic E-state index is 14.0. The molecule has 0 aliphatic heterocycles. The van der Waals surface area contributed by atoms with Crippen molar-refractivity contribution in [2.24, 2.45) is 0 Å². The molecule has 0 fully saturated rings. The third kappa shape index (κ3) is 7.76. The van der Waals surface area contributed by atoms with E-state index in [1.54, 1.807) is 6.92 Å². The van der Waals surface area contributed by atoms with E-state index in [2.05, 4.69) is 25.7 Å². The van der Waals surface area contributed by atoms with Gasteiger partial charge in [0.25, 0.3) is 11.8 Å². The fraction of sp³-hybridized carbons (Fsp3) is 0.400. The summed E-state index contributed by atoms with van der Waals surface area (Å²) in [5.41, 5.74) is -6.24. The first kappa shape index (κ1) is 36.7. The Balaban J connectivity index is 1.91. The zero-order chi connectivity index (χ0) is 35.0. The Morgan fingerprint density at radius 2 is 1.61 bits per heavy atom. The van der Waals surface area contributed by atoms with Gasteiger partial charge in [0, 0.05) is 35.0 Å². The summed E-state index contributed by atoms with van der Waals surface area (Å²) >= 11 is 6.16. The first-order valence-corrected chi connectivity index (χ1v) is 14.6. The van der Waals surface area contributed by atoms with Gasteiger partial charge in [-0.15, -0.1) is 0 Å². The molecule has 3 aromatic rings. The highest BCUT2D eigenvalue weighted by Gasteiger charge is 2.67. The average Bonchev–Trinajstić information content (AvgIpc) is 3.33. The van der Waals surface area contributed by atoms with E-state index in [9.17, 15) is 57.7 Å². The minimum absolute atomic E-state index is 0.0387. The predicted molar refractivity (Wildman–Crippen MR) is 143 cm³/mol. The smallest absolute Gasteiger partial charge is 0.349 e. The van der Waals surface area contributed by atoms with Crippen molar-refractivity contribution in [3.8, 4) is 0 Å². The number of amides is 2. The molecule has 252 valence electrons. The Labute approximate surface area is 260 Å². The Hall–Kier alpha value is -3.81. The number of hydrogen-bond donors (Lipinski definition) is 2. The van der Waals surface area contributed by atoms with Gasteiger partial charge in [-0.2, -0.15) is 49.0 Å². The Bertz CT molecular complexity index is 1620. The van der Waals surface area contributed by atoms with Crippen LogP contribution in [0.5, 0.6) is 0 Å². The number of carbonyl (C=O) groups is 2. The summed E-state index contributed by atoms with van der Waals surface area (Å²) < 4.78 is 145. The molecule has 0 spiro atoms. The van der Waals surface area contributed by atoms with Gasteiger partial charge < -0.3 is 10.6 Å². The molecule has 0 radical (unpaired) electrons. The van der Waals surface area contributed by atoms with Gasteiger partial charge >= 0.3 is 24.2 Å². The van der Waals surface area contributed by atoms with E-state index < -0.39 is 76.5 Å². The molecular weight excluding hydrogens is 690 g/mol. The molecule has 2 aromatic heterocycles. The lowest BCUT2D eigenvalue weighted by atomic mass is 10.0. The summed E-state index contributed by atoms with van der Waals surface area (Å²) in [7, 11) is -1.25. The SMILES string of the molecule is Cc1nc(Cn2cc(C(F)(F)C(F)(F)F)c(C(F)(F)C(F)(F)F)n2)ncc1NC(=O)c1cccc(Cl)c1C(=O)N[C@@H](C)CS(C)=O. The van der Waals surface area contributed by atoms with Crippen LogP contribution in [0.15, 0.2) is 30.6 Å². The second-order valence-corrected chi connectivity index (χ2v) is 11.6. The number of anilines is 1. The quantitative estimate of drug-likeness (QED) is 0.259. The number of nitrogens with zero attached hydrogens (tertiary/aromatic N) is 4. The summed E-state index contributed by atoms with van der Waals surface area (Å²) in [5.74, 6) is -14.4. The van der Waals surface area contributed by atoms with E-state index in [1.807, 2.05) is 0 Å². The molecule has 0 aliphatic carbocycles. The normalized spacial score (nSPS) is 14.1. The van der Waals surface area contributed by atoms with Gasteiger partial charge in [-0.3, -0.25) is 18.5 Å². The van der Waals surface area contributed by atoms with Gasteiger partial charge in [0.15, 0.2) is 5.69 Å². The highest BCUT2D eigenvalue weighted by Crippen LogP contribution is 2.51. The number of nitrogens with one attached hydrogen (secondary N) is 2. The van der Waals surface area contributed by atoms with Gasteiger partial charge in [-0.1, -0.05) is 17.7 Å². The van der Waals surface area contributed by atoms with E-state index in [0.717, 1.165) is 6.20 Å². The monoisotopic (exact) mass is 710 g/mol. The van der Waals surface area contributed by atoms with Gasteiger partial charge in [0.1, 0.15) is 12.4 Å². The lowest BCUT2D eigenvalue weighted by molar-refractivity contribution is -0.302. The first-order chi connectivity index (χ1) is 21.0. The molecule has 1 unspecified atom stereocenters. The molecule has 2 amide bonds. The van der Waals surface area contributed by atoms with Crippen LogP contribution >= 0.6 is 11.6 Å². The molecule has 2 heterocycles. The van der Waals surface area contributed by atoms with E-state index in [1.165, 1.54) is 31.4 Å². The van der Waals surface area contributed by atoms with Crippen molar-refractivity contribution in [2.75, 3.05) is 17.3 Å². The number of halogens is 11. The van der Waals surface area contributed by atoms with Crippen molar-refractivity contribution in [3.63, 3.8) is 0 Å². The number of rotatable bonds is 10. The number of benzene rings is 1. The number of alkyl halides is 10. The molecule has 0 aliphatic rings. The topological polar surface area (TPSA) is 119 Å². The van der Waals surface area contributed by atoms with E-state index in [-0.39, 0.29) is 44.2 Å². The lowest BCUT2D eigenvalue weighted by Gasteiger charge is -2.23. The van der Waals surface area contributed by atoms with Crippen LogP contribution in [-0.4, -0.2) is 66.2 Å². The maximum Gasteiger partial charge on any atom is 0.459 e. The molecule has 0 saturated heterocycles. The fourth-order valence-electron chi connectivity index (χ4n) is 3.93. The summed E-state index contributed by atoms with van der Waals surface area (Å²) in [4.78, 5) is 33.6. The summed E-state index contributed by atoms with van der Waals surface area (Å²) in [6, 6.07) is 3.39. The van der Waals surface area contributed by atoms with Crippen LogP contribution < -0.4 is 10.6 Å². The van der Waals surface area contributed by atoms with E-state index in [0.29, 0.717) is 0 Å². The van der Waals surface area contributed by atoms with Crippen LogP contribution in [0.4, 0.5) is 49.6 Å². The third-order valence-corrected chi connectivity index (χ3v) is 7.32. The summed E-state index contributed by atoms with van der Waals surface area (Å²) in [5, 5.41) is 7.53. The minimum Gasteiger partial charge on any atom is -0.349 e. The molecule has 46 heavy (non-hydrogen) atoms. The zero-order valence-electron chi connectivity index (χ0n) is 23.5. The van der Waals surface area contributed by atoms with Gasteiger partial charge in [0.05, 0.1) is 39.3 Å². The van der Waals surface area contributed by atoms with Crippen molar-refractivity contribution in [1.29, 1.82) is 0 Å². The molecule has 2 atom stereocenters. The second-order valence-electron chi connectivity index (χ2n) is 9.75. The summed E-state index contributed by atoms with van der Waals surface area (Å²) in [6.45, 7) is 1.80. The second kappa shape index (κ2) is 13.1. The largest absolute Gasteiger partial charge is 0.459 e. The minimum atomic E-state index is -6.56. The van der Waals surface area contributed by atoms with Gasteiger partial charge in [0.2, 0.25) is 0 Å². The maximum absolute atomic E-state index is 14.0. The van der Waals surface area contributed by atoms with Crippen LogP contribution in [0, 0.1) is 6.92 Å². The van der Waals surface area contributed by atoms with Gasteiger partial charge in [-0.05, 0) is 26.0 Å². The van der Waals surface area contributed by atoms with Crippen LogP contribution in [-0.2, 0) is 29.2 Å². The highest BCUT2D eigenvalue weighted by molar-refractivity contribution is 7.84. The van der Waals surface area contributed by atoms with Crippen LogP contribution in [0.2, 0.25) is 5.02 Å². The van der Waals surface area contributed by atoms with Crippen LogP contribution in [0.25, 0.3) is 0 Å². The molecular formula is C25H21ClF10N6O3S. The molecule has 3 rings (SSSR count). The molecule has 9 nitrogen and oxygen atoms in total. The van der Waals surface area contributed by atoms with E-state index in [4.69, 9.17) is 11.6 Å². The van der Waals surface area contributed by atoms with Gasteiger partial charge in [-0.25, -0.2) is 9.97 Å². The molecule has 2 N–H and O–H groups in total. The standard InChI is InChI=1S/C25H21ClF10N6O3S/c1-11(10-46(3)45)38-21(44)18-13(5-4-6-15(18)26)20(43)40-16-7-37-17(39-12(16)2)9-42-8-14(22(27,28)24(31,32)33)19(41-42)23(29,30)25(34,35)36/h4-8,11H,9-10H2,1-3H3,(H,38,44)(H,40,43)/t11-,46?/m0/s1. The zero-order valence-corrected chi connectivity index (χ0v) is 25.0. The Morgan fingerprint density at radius 3 is 2.15 bits per heavy atom. The van der Waals surface area contributed by atoms with Crippen molar-refractivity contribution in [3.05, 3.63) is 69.5 Å². The number of aromatic nitrogens is 4. The number of carbonyl (C=O) groups excluding carboxylic acids is 2. The lowest BCUT2D eigenvalue weighted by Crippen LogP contribution is -2.40. The van der Waals surface area contributed by atoms with Crippen LogP contribution in [0.3, 0.4) is 0 Å². The van der Waals surface area contributed by atoms with Crippen molar-refractivity contribution in [1.82, 2.24) is 25.1 Å². The predicted octanol–water partition coefficient (Wildman–Crippen LogP) is 5.74. The fourth-order valence-corrected chi connectivity index (χ4v) is 4.98. The first-order valence-electron chi connectivity index (χ1n) is 12.5. The summed E-state index contributed by atoms with van der Waals surface area (Å²) in [6.07, 6.45) is -11.1. The van der Waals surface area contributed by atoms with Crippen LogP contribution in [0.1, 0.15) is 50.4 Å². The third-order valence-electron chi connectivity index (χ3n) is 6.04. The van der Waals surface area contributed by atoms with E-state index >= 15 is 0 Å². The van der Waals surface area contributed by atoms with Crippen molar-refractivity contribution >= 4 is 39.9 Å².